The number of hydrogen-bond donors (Lipinski definition) is 0. The molecule has 1 rings (SSSR count). The largest absolute Gasteiger partial charge is 0.413 e. The molecule has 90 valence electrons. The van der Waals surface area contributed by atoms with Crippen LogP contribution in [0, 0.1) is 5.92 Å². The van der Waals surface area contributed by atoms with Gasteiger partial charge in [0, 0.05) is 6.20 Å². The van der Waals surface area contributed by atoms with Crippen molar-refractivity contribution in [3.63, 3.8) is 0 Å². The van der Waals surface area contributed by atoms with E-state index in [1.807, 2.05) is 0 Å². The lowest BCUT2D eigenvalue weighted by Gasteiger charge is -2.30. The van der Waals surface area contributed by atoms with Crippen LogP contribution in [0.3, 0.4) is 0 Å². The maximum atomic E-state index is 13.0. The normalized spacial score (nSPS) is 16.2. The highest BCUT2D eigenvalue weighted by molar-refractivity contribution is 6.24. The summed E-state index contributed by atoms with van der Waals surface area (Å²) in [5.41, 5.74) is -0.141. The van der Waals surface area contributed by atoms with E-state index < -0.39 is 11.1 Å². The number of nitrogens with zero attached hydrogens (tertiary/aromatic N) is 1. The van der Waals surface area contributed by atoms with Gasteiger partial charge in [-0.25, -0.2) is 0 Å². The average Bonchev–Trinajstić information content (AvgIpc) is 2.16. The van der Waals surface area contributed by atoms with E-state index in [9.17, 15) is 13.2 Å². The van der Waals surface area contributed by atoms with E-state index in [2.05, 4.69) is 4.98 Å². The van der Waals surface area contributed by atoms with E-state index in [-0.39, 0.29) is 18.0 Å². The van der Waals surface area contributed by atoms with Gasteiger partial charge in [-0.05, 0) is 24.5 Å². The summed E-state index contributed by atoms with van der Waals surface area (Å²) in [6, 6.07) is 4.38. The zero-order valence-corrected chi connectivity index (χ0v) is 9.81. The molecule has 1 aromatic rings. The number of hydrogen-bond acceptors (Lipinski definition) is 1. The molecule has 0 aliphatic heterocycles. The first-order chi connectivity index (χ1) is 7.27. The highest BCUT2D eigenvalue weighted by atomic mass is 35.5. The van der Waals surface area contributed by atoms with E-state index in [1.54, 1.807) is 19.9 Å². The summed E-state index contributed by atoms with van der Waals surface area (Å²) in [7, 11) is 0. The molecule has 1 nitrogen and oxygen atoms in total. The Morgan fingerprint density at radius 2 is 1.94 bits per heavy atom. The minimum atomic E-state index is -4.51. The number of halogens is 4. The molecule has 16 heavy (non-hydrogen) atoms. The molecule has 1 atom stereocenters. The smallest absolute Gasteiger partial charge is 0.259 e. The fourth-order valence-corrected chi connectivity index (χ4v) is 1.95. The first-order valence-electron chi connectivity index (χ1n) is 4.94. The van der Waals surface area contributed by atoms with Crippen molar-refractivity contribution in [2.75, 3.05) is 0 Å². The van der Waals surface area contributed by atoms with Gasteiger partial charge >= 0.3 is 6.18 Å². The summed E-state index contributed by atoms with van der Waals surface area (Å²) in [4.78, 5) is 1.33. The van der Waals surface area contributed by atoms with Gasteiger partial charge in [-0.3, -0.25) is 4.98 Å². The van der Waals surface area contributed by atoms with Crippen LogP contribution in [0.4, 0.5) is 13.2 Å². The van der Waals surface area contributed by atoms with Gasteiger partial charge in [0.15, 0.2) is 4.87 Å². The highest BCUT2D eigenvalue weighted by Gasteiger charge is 2.55. The van der Waals surface area contributed by atoms with Gasteiger partial charge < -0.3 is 0 Å². The Hall–Kier alpha value is -0.770. The lowest BCUT2D eigenvalue weighted by Crippen LogP contribution is -2.39. The summed E-state index contributed by atoms with van der Waals surface area (Å²) in [5, 5.41) is 0. The Morgan fingerprint density at radius 1 is 1.31 bits per heavy atom. The maximum absolute atomic E-state index is 13.0. The molecular formula is C11H13ClF3N. The Labute approximate surface area is 97.6 Å². The first-order valence-corrected chi connectivity index (χ1v) is 5.32. The standard InChI is InChI=1S/C11H13ClF3N/c1-8(2)7-10(12,11(13,14)15)9-5-3-4-6-16-9/h3-6,8H,7H2,1-2H3. The Balaban J connectivity index is 3.16. The van der Waals surface area contributed by atoms with Crippen molar-refractivity contribution >= 4 is 11.6 Å². The van der Waals surface area contributed by atoms with Gasteiger partial charge in [-0.15, -0.1) is 11.6 Å². The SMILES string of the molecule is CC(C)CC(Cl)(c1ccccn1)C(F)(F)F. The molecule has 0 aliphatic carbocycles. The van der Waals surface area contributed by atoms with Crippen molar-refractivity contribution < 1.29 is 13.2 Å². The molecule has 1 heterocycles. The molecule has 0 aliphatic rings. The predicted octanol–water partition coefficient (Wildman–Crippen LogP) is 4.12. The summed E-state index contributed by atoms with van der Waals surface area (Å²) in [6.07, 6.45) is -3.37. The first kappa shape index (κ1) is 13.3. The third kappa shape index (κ3) is 2.67. The van der Waals surface area contributed by atoms with Gasteiger partial charge in [0.05, 0.1) is 5.69 Å². The fourth-order valence-electron chi connectivity index (χ4n) is 1.53. The summed E-state index contributed by atoms with van der Waals surface area (Å²) >= 11 is 5.75. The molecule has 0 bridgehead atoms. The summed E-state index contributed by atoms with van der Waals surface area (Å²) in [6.45, 7) is 3.40. The number of rotatable bonds is 3. The van der Waals surface area contributed by atoms with Crippen LogP contribution in [0.15, 0.2) is 24.4 Å². The second kappa shape index (κ2) is 4.62. The molecule has 0 spiro atoms. The Kier molecular flexibility index (Phi) is 3.84. The Morgan fingerprint density at radius 3 is 2.31 bits per heavy atom. The second-order valence-corrected chi connectivity index (χ2v) is 4.76. The lowest BCUT2D eigenvalue weighted by molar-refractivity contribution is -0.169. The van der Waals surface area contributed by atoms with Crippen LogP contribution in [0.2, 0.25) is 0 Å². The van der Waals surface area contributed by atoms with Crippen molar-refractivity contribution in [3.05, 3.63) is 30.1 Å². The van der Waals surface area contributed by atoms with Crippen LogP contribution in [-0.2, 0) is 4.87 Å². The third-order valence-electron chi connectivity index (χ3n) is 2.21. The van der Waals surface area contributed by atoms with Gasteiger partial charge in [0.25, 0.3) is 0 Å². The lowest BCUT2D eigenvalue weighted by atomic mass is 9.92. The molecule has 0 amide bonds. The van der Waals surface area contributed by atoms with E-state index in [1.165, 1.54) is 18.3 Å². The summed E-state index contributed by atoms with van der Waals surface area (Å²) < 4.78 is 38.9. The number of pyridine rings is 1. The average molecular weight is 252 g/mol. The van der Waals surface area contributed by atoms with Crippen molar-refractivity contribution in [2.24, 2.45) is 5.92 Å². The van der Waals surface area contributed by atoms with Crippen molar-refractivity contribution in [2.45, 2.75) is 31.3 Å². The maximum Gasteiger partial charge on any atom is 0.413 e. The van der Waals surface area contributed by atoms with Crippen LogP contribution < -0.4 is 0 Å². The van der Waals surface area contributed by atoms with Gasteiger partial charge in [0.2, 0.25) is 0 Å². The van der Waals surface area contributed by atoms with Gasteiger partial charge in [-0.1, -0.05) is 19.9 Å². The highest BCUT2D eigenvalue weighted by Crippen LogP contribution is 2.48. The molecule has 1 unspecified atom stereocenters. The van der Waals surface area contributed by atoms with Gasteiger partial charge in [0.1, 0.15) is 0 Å². The Bertz CT molecular complexity index is 337. The molecule has 0 saturated heterocycles. The topological polar surface area (TPSA) is 12.9 Å². The minimum Gasteiger partial charge on any atom is -0.259 e. The quantitative estimate of drug-likeness (QED) is 0.737. The summed E-state index contributed by atoms with van der Waals surface area (Å²) in [5.74, 6) is -0.166. The molecule has 5 heteroatoms. The van der Waals surface area contributed by atoms with Crippen molar-refractivity contribution in [3.8, 4) is 0 Å². The molecule has 0 saturated carbocycles. The van der Waals surface area contributed by atoms with Crippen LogP contribution in [-0.4, -0.2) is 11.2 Å². The van der Waals surface area contributed by atoms with E-state index >= 15 is 0 Å². The molecule has 0 fully saturated rings. The van der Waals surface area contributed by atoms with Gasteiger partial charge in [-0.2, -0.15) is 13.2 Å². The van der Waals surface area contributed by atoms with Crippen LogP contribution in [0.1, 0.15) is 26.0 Å². The number of aromatic nitrogens is 1. The third-order valence-corrected chi connectivity index (χ3v) is 2.77. The fraction of sp³-hybridized carbons (Fsp3) is 0.545. The predicted molar refractivity (Wildman–Crippen MR) is 57.3 cm³/mol. The van der Waals surface area contributed by atoms with E-state index in [0.29, 0.717) is 0 Å². The monoisotopic (exact) mass is 251 g/mol. The van der Waals surface area contributed by atoms with E-state index in [4.69, 9.17) is 11.6 Å². The molecule has 0 aromatic carbocycles. The second-order valence-electron chi connectivity index (χ2n) is 4.11. The minimum absolute atomic E-state index is 0.141. The molecular weight excluding hydrogens is 239 g/mol. The number of alkyl halides is 4. The zero-order chi connectivity index (χ0) is 12.4. The van der Waals surface area contributed by atoms with E-state index in [0.717, 1.165) is 0 Å². The molecule has 1 aromatic heterocycles. The van der Waals surface area contributed by atoms with Crippen molar-refractivity contribution in [1.82, 2.24) is 4.98 Å². The molecule has 0 N–H and O–H groups in total. The van der Waals surface area contributed by atoms with Crippen LogP contribution in [0.5, 0.6) is 0 Å². The molecule has 0 radical (unpaired) electrons. The van der Waals surface area contributed by atoms with Crippen LogP contribution >= 0.6 is 11.6 Å². The zero-order valence-electron chi connectivity index (χ0n) is 9.05. The van der Waals surface area contributed by atoms with Crippen LogP contribution in [0.25, 0.3) is 0 Å². The van der Waals surface area contributed by atoms with Crippen molar-refractivity contribution in [1.29, 1.82) is 0 Å².